The van der Waals surface area contributed by atoms with Crippen LogP contribution in [0.2, 0.25) is 0 Å². The number of carbonyl (C=O) groups is 1. The third kappa shape index (κ3) is 4.11. The number of nitrogens with two attached hydrogens (primary N) is 1. The highest BCUT2D eigenvalue weighted by Gasteiger charge is 2.30. The van der Waals surface area contributed by atoms with E-state index in [4.69, 9.17) is 20.6 Å². The van der Waals surface area contributed by atoms with Crippen LogP contribution in [0.5, 0.6) is 0 Å². The number of fused-ring (bicyclic) bond motifs is 3. The molecule has 1 fully saturated rings. The van der Waals surface area contributed by atoms with Crippen LogP contribution in [0.4, 0.5) is 5.82 Å². The van der Waals surface area contributed by atoms with Crippen molar-refractivity contribution in [3.05, 3.63) is 42.2 Å². The number of benzene rings is 1. The zero-order valence-electron chi connectivity index (χ0n) is 16.0. The van der Waals surface area contributed by atoms with Crippen LogP contribution in [0.25, 0.3) is 21.7 Å². The minimum absolute atomic E-state index is 0.239. The van der Waals surface area contributed by atoms with Crippen LogP contribution in [-0.2, 0) is 4.74 Å². The summed E-state index contributed by atoms with van der Waals surface area (Å²) in [6.45, 7) is 3.12. The molecule has 3 N–H and O–H groups in total. The molecular weight excluding hydrogens is 356 g/mol. The van der Waals surface area contributed by atoms with Gasteiger partial charge in [-0.25, -0.2) is 4.98 Å². The normalized spacial score (nSPS) is 13.9. The molecule has 1 aliphatic heterocycles. The quantitative estimate of drug-likeness (QED) is 0.367. The Hall–Kier alpha value is -2.61. The second-order valence-electron chi connectivity index (χ2n) is 6.64. The van der Waals surface area contributed by atoms with Crippen LogP contribution in [-0.4, -0.2) is 60.8 Å². The molecule has 0 unspecified atom stereocenters. The SMILES string of the molecule is CO.NCCCCOC1CN(c2nc3cc(C=O)ccc3c3cnccc23)C1. The molecule has 0 aliphatic carbocycles. The molecule has 4 rings (SSSR count). The van der Waals surface area contributed by atoms with E-state index >= 15 is 0 Å². The minimum Gasteiger partial charge on any atom is -0.400 e. The fraction of sp³-hybridized carbons (Fsp3) is 0.381. The van der Waals surface area contributed by atoms with E-state index in [1.807, 2.05) is 30.5 Å². The third-order valence-corrected chi connectivity index (χ3v) is 4.84. The largest absolute Gasteiger partial charge is 0.400 e. The van der Waals surface area contributed by atoms with Crippen LogP contribution in [0, 0.1) is 0 Å². The van der Waals surface area contributed by atoms with Crippen molar-refractivity contribution in [2.24, 2.45) is 5.73 Å². The van der Waals surface area contributed by atoms with Gasteiger partial charge in [0.1, 0.15) is 12.1 Å². The molecule has 0 spiro atoms. The molecule has 1 saturated heterocycles. The summed E-state index contributed by atoms with van der Waals surface area (Å²) < 4.78 is 5.88. The standard InChI is InChI=1S/C20H22N4O2.CH4O/c21-6-1-2-8-26-15-11-24(12-15)20-17-5-7-22-10-18(17)16-4-3-14(13-25)9-19(16)23-20;1-2/h3-5,7,9-10,13,15H,1-2,6,8,11-12,21H2;2H,1H3. The van der Waals surface area contributed by atoms with Gasteiger partial charge in [-0.1, -0.05) is 12.1 Å². The van der Waals surface area contributed by atoms with Gasteiger partial charge in [0.2, 0.25) is 0 Å². The number of rotatable bonds is 7. The van der Waals surface area contributed by atoms with Gasteiger partial charge in [0.25, 0.3) is 0 Å². The first-order valence-corrected chi connectivity index (χ1v) is 9.44. The number of aliphatic hydroxyl groups excluding tert-OH is 1. The second-order valence-corrected chi connectivity index (χ2v) is 6.64. The molecule has 0 radical (unpaired) electrons. The Balaban J connectivity index is 0.00000109. The Bertz CT molecular complexity index is 941. The van der Waals surface area contributed by atoms with Gasteiger partial charge in [-0.2, -0.15) is 0 Å². The summed E-state index contributed by atoms with van der Waals surface area (Å²) in [6, 6.07) is 7.59. The van der Waals surface area contributed by atoms with Gasteiger partial charge in [0.15, 0.2) is 0 Å². The van der Waals surface area contributed by atoms with Gasteiger partial charge >= 0.3 is 0 Å². The lowest BCUT2D eigenvalue weighted by Crippen LogP contribution is -2.52. The first-order valence-electron chi connectivity index (χ1n) is 9.44. The van der Waals surface area contributed by atoms with E-state index in [9.17, 15) is 4.79 Å². The number of aromatic nitrogens is 2. The lowest BCUT2D eigenvalue weighted by molar-refractivity contribution is 0.0323. The highest BCUT2D eigenvalue weighted by Crippen LogP contribution is 2.33. The molecule has 28 heavy (non-hydrogen) atoms. The molecule has 3 heterocycles. The highest BCUT2D eigenvalue weighted by atomic mass is 16.5. The van der Waals surface area contributed by atoms with Crippen LogP contribution < -0.4 is 10.6 Å². The maximum atomic E-state index is 11.1. The first-order chi connectivity index (χ1) is 13.8. The van der Waals surface area contributed by atoms with Gasteiger partial charge in [0, 0.05) is 60.9 Å². The first kappa shape index (κ1) is 20.1. The number of hydrogen-bond acceptors (Lipinski definition) is 7. The monoisotopic (exact) mass is 382 g/mol. The fourth-order valence-corrected chi connectivity index (χ4v) is 3.37. The molecule has 2 aromatic heterocycles. The number of hydrogen-bond donors (Lipinski definition) is 2. The molecular formula is C21H26N4O3. The predicted molar refractivity (Wildman–Crippen MR) is 111 cm³/mol. The second kappa shape index (κ2) is 9.54. The zero-order valence-corrected chi connectivity index (χ0v) is 16.0. The van der Waals surface area contributed by atoms with Crippen molar-refractivity contribution >= 4 is 33.8 Å². The van der Waals surface area contributed by atoms with Gasteiger partial charge in [-0.05, 0) is 31.5 Å². The van der Waals surface area contributed by atoms with E-state index in [2.05, 4.69) is 9.88 Å². The summed E-state index contributed by atoms with van der Waals surface area (Å²) in [5, 5.41) is 10.1. The van der Waals surface area contributed by atoms with Gasteiger partial charge in [-0.15, -0.1) is 0 Å². The van der Waals surface area contributed by atoms with Crippen molar-refractivity contribution in [2.45, 2.75) is 18.9 Å². The summed E-state index contributed by atoms with van der Waals surface area (Å²) in [5.41, 5.74) is 6.96. The van der Waals surface area contributed by atoms with Crippen molar-refractivity contribution in [1.82, 2.24) is 9.97 Å². The number of aldehydes is 1. The number of anilines is 1. The minimum atomic E-state index is 0.239. The molecule has 148 valence electrons. The van der Waals surface area contributed by atoms with Crippen molar-refractivity contribution in [3.8, 4) is 0 Å². The number of aliphatic hydroxyl groups is 1. The molecule has 0 amide bonds. The molecule has 1 aromatic carbocycles. The molecule has 7 heteroatoms. The average molecular weight is 382 g/mol. The van der Waals surface area contributed by atoms with Gasteiger partial charge in [0.05, 0.1) is 11.6 Å². The summed E-state index contributed by atoms with van der Waals surface area (Å²) in [7, 11) is 1.00. The number of nitrogens with zero attached hydrogens (tertiary/aromatic N) is 3. The lowest BCUT2D eigenvalue weighted by Gasteiger charge is -2.40. The van der Waals surface area contributed by atoms with Crippen LogP contribution in [0.15, 0.2) is 36.7 Å². The Morgan fingerprint density at radius 3 is 2.79 bits per heavy atom. The Kier molecular flexibility index (Phi) is 6.86. The van der Waals surface area contributed by atoms with Crippen molar-refractivity contribution in [1.29, 1.82) is 0 Å². The van der Waals surface area contributed by atoms with Crippen LogP contribution in [0.3, 0.4) is 0 Å². The maximum Gasteiger partial charge on any atom is 0.150 e. The molecule has 3 aromatic rings. The zero-order chi connectivity index (χ0) is 19.9. The number of ether oxygens (including phenoxy) is 1. The topological polar surface area (TPSA) is 102 Å². The van der Waals surface area contributed by atoms with Gasteiger partial charge in [-0.3, -0.25) is 9.78 Å². The molecule has 1 aliphatic rings. The molecule has 0 bridgehead atoms. The number of unbranched alkanes of at least 4 members (excludes halogenated alkanes) is 1. The third-order valence-electron chi connectivity index (χ3n) is 4.84. The van der Waals surface area contributed by atoms with Crippen molar-refractivity contribution in [3.63, 3.8) is 0 Å². The van der Waals surface area contributed by atoms with E-state index < -0.39 is 0 Å². The van der Waals surface area contributed by atoms with Crippen LogP contribution >= 0.6 is 0 Å². The smallest absolute Gasteiger partial charge is 0.150 e. The number of carbonyl (C=O) groups excluding carboxylic acids is 1. The van der Waals surface area contributed by atoms with E-state index in [1.54, 1.807) is 6.20 Å². The molecule has 0 atom stereocenters. The summed E-state index contributed by atoms with van der Waals surface area (Å²) in [4.78, 5) is 22.5. The molecule has 7 nitrogen and oxygen atoms in total. The summed E-state index contributed by atoms with van der Waals surface area (Å²) >= 11 is 0. The van der Waals surface area contributed by atoms with Crippen molar-refractivity contribution < 1.29 is 14.6 Å². The van der Waals surface area contributed by atoms with Crippen molar-refractivity contribution in [2.75, 3.05) is 38.3 Å². The maximum absolute atomic E-state index is 11.1. The highest BCUT2D eigenvalue weighted by molar-refractivity contribution is 6.10. The predicted octanol–water partition coefficient (Wildman–Crippen LogP) is 2.15. The van der Waals surface area contributed by atoms with E-state index in [1.165, 1.54) is 0 Å². The van der Waals surface area contributed by atoms with E-state index in [-0.39, 0.29) is 6.10 Å². The molecule has 0 saturated carbocycles. The van der Waals surface area contributed by atoms with Crippen LogP contribution in [0.1, 0.15) is 23.2 Å². The van der Waals surface area contributed by atoms with E-state index in [0.717, 1.165) is 73.4 Å². The van der Waals surface area contributed by atoms with E-state index in [0.29, 0.717) is 12.1 Å². The fourth-order valence-electron chi connectivity index (χ4n) is 3.37. The summed E-state index contributed by atoms with van der Waals surface area (Å²) in [6.07, 6.45) is 6.75. The lowest BCUT2D eigenvalue weighted by atomic mass is 10.0. The Morgan fingerprint density at radius 2 is 2.04 bits per heavy atom. The number of pyridine rings is 2. The van der Waals surface area contributed by atoms with Gasteiger partial charge < -0.3 is 20.5 Å². The average Bonchev–Trinajstić information content (AvgIpc) is 2.73. The Morgan fingerprint density at radius 1 is 1.21 bits per heavy atom. The Labute approximate surface area is 164 Å². The summed E-state index contributed by atoms with van der Waals surface area (Å²) in [5.74, 6) is 0.930.